The third-order valence-electron chi connectivity index (χ3n) is 3.64. The van der Waals surface area contributed by atoms with Gasteiger partial charge >= 0.3 is 6.18 Å². The van der Waals surface area contributed by atoms with Gasteiger partial charge in [-0.15, -0.1) is 0 Å². The second-order valence-corrected chi connectivity index (χ2v) is 5.93. The molecule has 7 heteroatoms. The van der Waals surface area contributed by atoms with Gasteiger partial charge in [-0.1, -0.05) is 15.9 Å². The summed E-state index contributed by atoms with van der Waals surface area (Å²) in [7, 11) is 1.82. The standard InChI is InChI=1S/C14H16BrF3N2O/c1-19-10-3-2-6-20(8-10)13(21)9-4-5-12(15)11(7-9)14(16,17)18/h4-5,7,10,19H,2-3,6,8H2,1H3. The highest BCUT2D eigenvalue weighted by Gasteiger charge is 2.34. The highest BCUT2D eigenvalue weighted by molar-refractivity contribution is 9.10. The van der Waals surface area contributed by atoms with Crippen molar-refractivity contribution in [2.45, 2.75) is 25.1 Å². The number of piperidine rings is 1. The molecule has 0 spiro atoms. The normalized spacial score (nSPS) is 19.7. The third-order valence-corrected chi connectivity index (χ3v) is 4.33. The fraction of sp³-hybridized carbons (Fsp3) is 0.500. The predicted molar refractivity (Wildman–Crippen MR) is 77.1 cm³/mol. The number of likely N-dealkylation sites (tertiary alicyclic amines) is 1. The lowest BCUT2D eigenvalue weighted by Crippen LogP contribution is -2.47. The summed E-state index contributed by atoms with van der Waals surface area (Å²) in [5.74, 6) is -0.354. The predicted octanol–water partition coefficient (Wildman–Crippen LogP) is 3.29. The fourth-order valence-electron chi connectivity index (χ4n) is 2.46. The van der Waals surface area contributed by atoms with Crippen molar-refractivity contribution >= 4 is 21.8 Å². The first-order valence-corrected chi connectivity index (χ1v) is 7.45. The van der Waals surface area contributed by atoms with Crippen molar-refractivity contribution in [3.8, 4) is 0 Å². The summed E-state index contributed by atoms with van der Waals surface area (Å²) in [6, 6.07) is 3.80. The Morgan fingerprint density at radius 1 is 1.43 bits per heavy atom. The second kappa shape index (κ2) is 6.36. The molecule has 3 nitrogen and oxygen atoms in total. The highest BCUT2D eigenvalue weighted by atomic mass is 79.9. The van der Waals surface area contributed by atoms with Crippen LogP contribution in [0.15, 0.2) is 22.7 Å². The van der Waals surface area contributed by atoms with Gasteiger partial charge in [0.2, 0.25) is 0 Å². The van der Waals surface area contributed by atoms with E-state index >= 15 is 0 Å². The minimum Gasteiger partial charge on any atom is -0.337 e. The first-order valence-electron chi connectivity index (χ1n) is 6.66. The van der Waals surface area contributed by atoms with E-state index in [2.05, 4.69) is 21.2 Å². The molecule has 1 saturated heterocycles. The van der Waals surface area contributed by atoms with E-state index < -0.39 is 11.7 Å². The molecule has 0 saturated carbocycles. The van der Waals surface area contributed by atoms with Gasteiger partial charge in [-0.3, -0.25) is 4.79 Å². The van der Waals surface area contributed by atoms with E-state index in [0.29, 0.717) is 13.1 Å². The van der Waals surface area contributed by atoms with Crippen LogP contribution in [0, 0.1) is 0 Å². The van der Waals surface area contributed by atoms with Crippen LogP contribution < -0.4 is 5.32 Å². The van der Waals surface area contributed by atoms with Crippen LogP contribution in [-0.4, -0.2) is 37.0 Å². The minimum atomic E-state index is -4.48. The Morgan fingerprint density at radius 3 is 2.76 bits per heavy atom. The summed E-state index contributed by atoms with van der Waals surface area (Å²) in [6.45, 7) is 1.10. The molecule has 1 amide bonds. The van der Waals surface area contributed by atoms with Crippen molar-refractivity contribution in [3.63, 3.8) is 0 Å². The number of likely N-dealkylation sites (N-methyl/N-ethyl adjacent to an activating group) is 1. The minimum absolute atomic E-state index is 0.0571. The van der Waals surface area contributed by atoms with Gasteiger partial charge in [0.15, 0.2) is 0 Å². The summed E-state index contributed by atoms with van der Waals surface area (Å²) in [5, 5.41) is 3.10. The molecule has 0 aliphatic carbocycles. The van der Waals surface area contributed by atoms with E-state index in [-0.39, 0.29) is 22.0 Å². The van der Waals surface area contributed by atoms with E-state index in [1.165, 1.54) is 12.1 Å². The molecule has 21 heavy (non-hydrogen) atoms. The van der Waals surface area contributed by atoms with E-state index in [1.54, 1.807) is 4.90 Å². The van der Waals surface area contributed by atoms with Crippen LogP contribution in [0.3, 0.4) is 0 Å². The molecule has 1 N–H and O–H groups in total. The Bertz CT molecular complexity index is 533. The van der Waals surface area contributed by atoms with Gasteiger partial charge < -0.3 is 10.2 Å². The lowest BCUT2D eigenvalue weighted by atomic mass is 10.0. The molecule has 1 aliphatic heterocycles. The van der Waals surface area contributed by atoms with Gasteiger partial charge in [0.05, 0.1) is 5.56 Å². The maximum absolute atomic E-state index is 12.9. The molecule has 0 radical (unpaired) electrons. The molecular weight excluding hydrogens is 349 g/mol. The van der Waals surface area contributed by atoms with E-state index in [9.17, 15) is 18.0 Å². The van der Waals surface area contributed by atoms with Crippen molar-refractivity contribution in [3.05, 3.63) is 33.8 Å². The van der Waals surface area contributed by atoms with Crippen molar-refractivity contribution in [1.29, 1.82) is 0 Å². The van der Waals surface area contributed by atoms with Crippen LogP contribution in [0.1, 0.15) is 28.8 Å². The summed E-state index contributed by atoms with van der Waals surface area (Å²) in [6.07, 6.45) is -2.67. The first-order chi connectivity index (χ1) is 9.82. The molecule has 116 valence electrons. The van der Waals surface area contributed by atoms with Crippen LogP contribution in [0.2, 0.25) is 0 Å². The number of benzene rings is 1. The zero-order valence-corrected chi connectivity index (χ0v) is 13.1. The number of halogens is 4. The van der Waals surface area contributed by atoms with Gasteiger partial charge in [-0.05, 0) is 38.1 Å². The average molecular weight is 365 g/mol. The van der Waals surface area contributed by atoms with Gasteiger partial charge in [-0.2, -0.15) is 13.2 Å². The smallest absolute Gasteiger partial charge is 0.337 e. The fourth-order valence-corrected chi connectivity index (χ4v) is 2.93. The summed E-state index contributed by atoms with van der Waals surface area (Å²) in [4.78, 5) is 14.0. The zero-order chi connectivity index (χ0) is 15.6. The Kier molecular flexibility index (Phi) is 4.93. The molecule has 1 fully saturated rings. The maximum atomic E-state index is 12.9. The topological polar surface area (TPSA) is 32.3 Å². The Balaban J connectivity index is 2.23. The molecule has 2 rings (SSSR count). The molecule has 1 aromatic rings. The van der Waals surface area contributed by atoms with Crippen LogP contribution in [0.4, 0.5) is 13.2 Å². The number of amides is 1. The number of hydrogen-bond acceptors (Lipinski definition) is 2. The molecule has 1 unspecified atom stereocenters. The lowest BCUT2D eigenvalue weighted by molar-refractivity contribution is -0.138. The monoisotopic (exact) mass is 364 g/mol. The number of hydrogen-bond donors (Lipinski definition) is 1. The van der Waals surface area contributed by atoms with E-state index in [4.69, 9.17) is 0 Å². The summed E-state index contributed by atoms with van der Waals surface area (Å²) < 4.78 is 38.6. The summed E-state index contributed by atoms with van der Waals surface area (Å²) in [5.41, 5.74) is -0.752. The lowest BCUT2D eigenvalue weighted by Gasteiger charge is -2.32. The van der Waals surface area contributed by atoms with Gasteiger partial charge in [0.1, 0.15) is 0 Å². The Hall–Kier alpha value is -1.08. The number of rotatable bonds is 2. The van der Waals surface area contributed by atoms with Gasteiger partial charge in [-0.25, -0.2) is 0 Å². The third kappa shape index (κ3) is 3.77. The second-order valence-electron chi connectivity index (χ2n) is 5.07. The van der Waals surface area contributed by atoms with Crippen LogP contribution in [-0.2, 0) is 6.18 Å². The van der Waals surface area contributed by atoms with Gasteiger partial charge in [0, 0.05) is 29.2 Å². The van der Waals surface area contributed by atoms with Crippen molar-refractivity contribution in [2.24, 2.45) is 0 Å². The number of carbonyl (C=O) groups excluding carboxylic acids is 1. The molecule has 0 bridgehead atoms. The molecule has 1 atom stereocenters. The maximum Gasteiger partial charge on any atom is 0.417 e. The van der Waals surface area contributed by atoms with Crippen molar-refractivity contribution < 1.29 is 18.0 Å². The molecule has 0 aromatic heterocycles. The highest BCUT2D eigenvalue weighted by Crippen LogP contribution is 2.35. The number of alkyl halides is 3. The SMILES string of the molecule is CNC1CCCN(C(=O)c2ccc(Br)c(C(F)(F)F)c2)C1. The van der Waals surface area contributed by atoms with E-state index in [0.717, 1.165) is 18.9 Å². The molecular formula is C14H16BrF3N2O. The largest absolute Gasteiger partial charge is 0.417 e. The molecule has 1 aliphatic rings. The number of nitrogens with one attached hydrogen (secondary N) is 1. The Labute approximate surface area is 129 Å². The van der Waals surface area contributed by atoms with Crippen LogP contribution in [0.25, 0.3) is 0 Å². The Morgan fingerprint density at radius 2 is 2.14 bits per heavy atom. The van der Waals surface area contributed by atoms with Gasteiger partial charge in [0.25, 0.3) is 5.91 Å². The number of nitrogens with zero attached hydrogens (tertiary/aromatic N) is 1. The van der Waals surface area contributed by atoms with Crippen molar-refractivity contribution in [1.82, 2.24) is 10.2 Å². The van der Waals surface area contributed by atoms with Crippen molar-refractivity contribution in [2.75, 3.05) is 20.1 Å². The molecule has 1 heterocycles. The van der Waals surface area contributed by atoms with Crippen LogP contribution >= 0.6 is 15.9 Å². The zero-order valence-electron chi connectivity index (χ0n) is 11.5. The average Bonchev–Trinajstić information content (AvgIpc) is 2.46. The first kappa shape index (κ1) is 16.3. The quantitative estimate of drug-likeness (QED) is 0.873. The van der Waals surface area contributed by atoms with E-state index in [1.807, 2.05) is 7.05 Å². The number of carbonyl (C=O) groups is 1. The molecule has 1 aromatic carbocycles. The van der Waals surface area contributed by atoms with Crippen LogP contribution in [0.5, 0.6) is 0 Å². The summed E-state index contributed by atoms with van der Waals surface area (Å²) >= 11 is 2.88.